The summed E-state index contributed by atoms with van der Waals surface area (Å²) in [4.78, 5) is 21.6. The van der Waals surface area contributed by atoms with Crippen LogP contribution < -0.4 is 0 Å². The maximum Gasteiger partial charge on any atom is 0.275 e. The number of Topliss-reactive ketones (excluding diaryl/α,β-unsaturated/α-hetero) is 1. The maximum absolute atomic E-state index is 11.2. The Bertz CT molecular complexity index is 575. The molecule has 0 fully saturated rings. The zero-order valence-electron chi connectivity index (χ0n) is 13.8. The number of benzene rings is 1. The van der Waals surface area contributed by atoms with Gasteiger partial charge in [-0.15, -0.1) is 0 Å². The Balaban J connectivity index is 2.99. The lowest BCUT2D eigenvalue weighted by molar-refractivity contribution is -0.386. The molecule has 0 bridgehead atoms. The van der Waals surface area contributed by atoms with E-state index in [2.05, 4.69) is 0 Å². The summed E-state index contributed by atoms with van der Waals surface area (Å²) in [5.74, 6) is -0.606. The normalized spacial score (nSPS) is 16.5. The van der Waals surface area contributed by atoms with Crippen LogP contribution in [-0.2, 0) is 9.53 Å². The molecule has 0 saturated heterocycles. The number of rotatable bonds is 9. The Morgan fingerprint density at radius 3 is 2.33 bits per heavy atom. The lowest BCUT2D eigenvalue weighted by Gasteiger charge is -2.29. The molecule has 0 aliphatic heterocycles. The van der Waals surface area contributed by atoms with Gasteiger partial charge in [0.25, 0.3) is 5.69 Å². The van der Waals surface area contributed by atoms with Gasteiger partial charge in [-0.25, -0.2) is 0 Å². The Hall–Kier alpha value is -1.87. The topological polar surface area (TPSA) is 130 Å². The van der Waals surface area contributed by atoms with Gasteiger partial charge in [0.05, 0.1) is 22.7 Å². The first kappa shape index (κ1) is 20.2. The summed E-state index contributed by atoms with van der Waals surface area (Å²) in [6.45, 7) is 4.73. The zero-order chi connectivity index (χ0) is 18.4. The highest BCUT2D eigenvalue weighted by Crippen LogP contribution is 2.33. The number of ketones is 1. The number of hydrogen-bond acceptors (Lipinski definition) is 7. The standard InChI is InChI=1S/C16H23NO7/c1-9(2)15(11-6-4-5-7-12(11)17(22)23)24-16(21)14(20)13(19)8-10(3)18/h4-7,9,13-16,19-21H,8H2,1-3H3. The highest BCUT2D eigenvalue weighted by molar-refractivity contribution is 5.76. The molecule has 134 valence electrons. The van der Waals surface area contributed by atoms with Gasteiger partial charge in [-0.2, -0.15) is 0 Å². The Morgan fingerprint density at radius 1 is 1.25 bits per heavy atom. The summed E-state index contributed by atoms with van der Waals surface area (Å²) in [7, 11) is 0. The molecule has 1 rings (SSSR count). The van der Waals surface area contributed by atoms with E-state index in [1.807, 2.05) is 0 Å². The molecule has 0 aliphatic rings. The van der Waals surface area contributed by atoms with E-state index in [1.165, 1.54) is 25.1 Å². The molecule has 1 aromatic rings. The minimum atomic E-state index is -1.80. The van der Waals surface area contributed by atoms with E-state index in [1.54, 1.807) is 19.9 Å². The number of nitro groups is 1. The monoisotopic (exact) mass is 341 g/mol. The smallest absolute Gasteiger partial charge is 0.275 e. The molecule has 8 heteroatoms. The van der Waals surface area contributed by atoms with Gasteiger partial charge in [-0.3, -0.25) is 14.9 Å². The summed E-state index contributed by atoms with van der Waals surface area (Å²) >= 11 is 0. The first-order chi connectivity index (χ1) is 11.1. The van der Waals surface area contributed by atoms with Gasteiger partial charge in [-0.05, 0) is 18.9 Å². The van der Waals surface area contributed by atoms with E-state index in [4.69, 9.17) is 4.74 Å². The van der Waals surface area contributed by atoms with E-state index < -0.39 is 29.5 Å². The molecule has 8 nitrogen and oxygen atoms in total. The van der Waals surface area contributed by atoms with E-state index in [-0.39, 0.29) is 29.4 Å². The number of carbonyl (C=O) groups excluding carboxylic acids is 1. The molecular weight excluding hydrogens is 318 g/mol. The highest BCUT2D eigenvalue weighted by atomic mass is 16.6. The van der Waals surface area contributed by atoms with E-state index in [0.29, 0.717) is 0 Å². The van der Waals surface area contributed by atoms with Crippen LogP contribution in [0.4, 0.5) is 5.69 Å². The van der Waals surface area contributed by atoms with E-state index >= 15 is 0 Å². The molecule has 4 atom stereocenters. The summed E-state index contributed by atoms with van der Waals surface area (Å²) < 4.78 is 5.38. The average molecular weight is 341 g/mol. The summed E-state index contributed by atoms with van der Waals surface area (Å²) in [6.07, 6.45) is -6.21. The molecule has 0 aromatic heterocycles. The highest BCUT2D eigenvalue weighted by Gasteiger charge is 2.32. The molecular formula is C16H23NO7. The predicted molar refractivity (Wildman–Crippen MR) is 85.1 cm³/mol. The van der Waals surface area contributed by atoms with Gasteiger partial charge in [-0.1, -0.05) is 26.0 Å². The third-order valence-corrected chi connectivity index (χ3v) is 3.51. The second-order valence-electron chi connectivity index (χ2n) is 5.97. The van der Waals surface area contributed by atoms with Crippen molar-refractivity contribution < 1.29 is 29.8 Å². The number of hydrogen-bond donors (Lipinski definition) is 3. The zero-order valence-corrected chi connectivity index (χ0v) is 13.8. The Morgan fingerprint density at radius 2 is 1.83 bits per heavy atom. The van der Waals surface area contributed by atoms with Crippen molar-refractivity contribution in [1.82, 2.24) is 0 Å². The number of nitro benzene ring substituents is 1. The molecule has 0 saturated carbocycles. The van der Waals surface area contributed by atoms with Crippen molar-refractivity contribution in [2.45, 2.75) is 51.8 Å². The predicted octanol–water partition coefficient (Wildman–Crippen LogP) is 1.33. The van der Waals surface area contributed by atoms with E-state index in [0.717, 1.165) is 0 Å². The van der Waals surface area contributed by atoms with Crippen LogP contribution in [0.1, 0.15) is 38.9 Å². The molecule has 4 unspecified atom stereocenters. The molecule has 3 N–H and O–H groups in total. The van der Waals surface area contributed by atoms with Crippen LogP contribution in [0.2, 0.25) is 0 Å². The SMILES string of the molecule is CC(=O)CC(O)C(O)C(O)OC(c1ccccc1[N+](=O)[O-])C(C)C. The van der Waals surface area contributed by atoms with Crippen molar-refractivity contribution in [2.24, 2.45) is 5.92 Å². The minimum absolute atomic E-state index is 0.165. The van der Waals surface area contributed by atoms with Crippen molar-refractivity contribution in [2.75, 3.05) is 0 Å². The minimum Gasteiger partial charge on any atom is -0.390 e. The number of carbonyl (C=O) groups is 1. The van der Waals surface area contributed by atoms with Crippen molar-refractivity contribution in [1.29, 1.82) is 0 Å². The van der Waals surface area contributed by atoms with Gasteiger partial charge in [0.2, 0.25) is 0 Å². The van der Waals surface area contributed by atoms with Gasteiger partial charge >= 0.3 is 0 Å². The third kappa shape index (κ3) is 5.34. The van der Waals surface area contributed by atoms with Crippen LogP contribution in [0.25, 0.3) is 0 Å². The molecule has 1 aromatic carbocycles. The van der Waals surface area contributed by atoms with E-state index in [9.17, 15) is 30.2 Å². The van der Waals surface area contributed by atoms with Crippen molar-refractivity contribution in [3.63, 3.8) is 0 Å². The van der Waals surface area contributed by atoms with Crippen LogP contribution >= 0.6 is 0 Å². The van der Waals surface area contributed by atoms with Crippen LogP contribution in [0.3, 0.4) is 0 Å². The van der Waals surface area contributed by atoms with Gasteiger partial charge in [0.15, 0.2) is 6.29 Å². The number of aliphatic hydroxyl groups excluding tert-OH is 3. The molecule has 0 radical (unpaired) electrons. The molecule has 0 spiro atoms. The quantitative estimate of drug-likeness (QED) is 0.351. The molecule has 0 aliphatic carbocycles. The van der Waals surface area contributed by atoms with Gasteiger partial charge in [0.1, 0.15) is 11.9 Å². The fourth-order valence-corrected chi connectivity index (χ4v) is 2.32. The van der Waals surface area contributed by atoms with Crippen LogP contribution in [0.5, 0.6) is 0 Å². The molecule has 0 heterocycles. The molecule has 24 heavy (non-hydrogen) atoms. The van der Waals surface area contributed by atoms with Crippen LogP contribution in [-0.4, -0.2) is 44.5 Å². The second-order valence-corrected chi connectivity index (χ2v) is 5.97. The Kier molecular flexibility index (Phi) is 7.43. The van der Waals surface area contributed by atoms with Crippen molar-refractivity contribution >= 4 is 11.5 Å². The lowest BCUT2D eigenvalue weighted by Crippen LogP contribution is -2.41. The fraction of sp³-hybridized carbons (Fsp3) is 0.562. The van der Waals surface area contributed by atoms with Crippen LogP contribution in [0, 0.1) is 16.0 Å². The lowest BCUT2D eigenvalue weighted by atomic mass is 9.97. The van der Waals surface area contributed by atoms with Crippen molar-refractivity contribution in [3.8, 4) is 0 Å². The maximum atomic E-state index is 11.2. The number of nitrogens with zero attached hydrogens (tertiary/aromatic N) is 1. The van der Waals surface area contributed by atoms with Gasteiger partial charge < -0.3 is 20.1 Å². The average Bonchev–Trinajstić information content (AvgIpc) is 2.50. The molecule has 0 amide bonds. The first-order valence-corrected chi connectivity index (χ1v) is 7.57. The first-order valence-electron chi connectivity index (χ1n) is 7.57. The van der Waals surface area contributed by atoms with Crippen molar-refractivity contribution in [3.05, 3.63) is 39.9 Å². The summed E-state index contributed by atoms with van der Waals surface area (Å²) in [5.41, 5.74) is 0.0898. The largest absolute Gasteiger partial charge is 0.390 e. The number of aliphatic hydroxyl groups is 3. The third-order valence-electron chi connectivity index (χ3n) is 3.51. The van der Waals surface area contributed by atoms with Gasteiger partial charge in [0, 0.05) is 12.5 Å². The summed E-state index contributed by atoms with van der Waals surface area (Å²) in [5, 5.41) is 40.7. The fourth-order valence-electron chi connectivity index (χ4n) is 2.32. The van der Waals surface area contributed by atoms with Crippen LogP contribution in [0.15, 0.2) is 24.3 Å². The number of para-hydroxylation sites is 1. The Labute approximate surface area is 139 Å². The second kappa shape index (κ2) is 8.84. The number of ether oxygens (including phenoxy) is 1. The summed E-state index contributed by atoms with van der Waals surface area (Å²) in [6, 6.07) is 5.95.